The minimum Gasteiger partial charge on any atom is -0.358 e. The molecular weight excluding hydrogens is 362 g/mol. The Kier molecular flexibility index (Phi) is 3.41. The Morgan fingerprint density at radius 2 is 2.31 bits per heavy atom. The lowest BCUT2D eigenvalue weighted by Gasteiger charge is -1.91. The largest absolute Gasteiger partial charge is 0.404 e. The maximum Gasteiger partial charge on any atom is 0.404 e. The quantitative estimate of drug-likeness (QED) is 0.617. The van der Waals surface area contributed by atoms with Gasteiger partial charge in [-0.25, -0.2) is 0 Å². The van der Waals surface area contributed by atoms with Crippen LogP contribution in [0.3, 0.4) is 0 Å². The van der Waals surface area contributed by atoms with E-state index >= 15 is 0 Å². The Balaban J connectivity index is 2.22. The molecule has 0 spiro atoms. The lowest BCUT2D eigenvalue weighted by Crippen LogP contribution is -1.99. The Morgan fingerprint density at radius 3 is 2.81 bits per heavy atom. The summed E-state index contributed by atoms with van der Waals surface area (Å²) in [5.41, 5.74) is 0. The third kappa shape index (κ3) is 2.50. The van der Waals surface area contributed by atoms with Crippen molar-refractivity contribution in [2.75, 3.05) is 0 Å². The molecule has 2 aromatic heterocycles. The van der Waals surface area contributed by atoms with Gasteiger partial charge < -0.3 is 10.1 Å². The van der Waals surface area contributed by atoms with Gasteiger partial charge >= 0.3 is 5.82 Å². The number of halogens is 2. The molecule has 0 atom stereocenters. The van der Waals surface area contributed by atoms with Crippen LogP contribution in [0.1, 0.15) is 4.88 Å². The first kappa shape index (κ1) is 11.7. The van der Waals surface area contributed by atoms with Crippen molar-refractivity contribution >= 4 is 49.0 Å². The predicted molar refractivity (Wildman–Crippen MR) is 67.7 cm³/mol. The van der Waals surface area contributed by atoms with Crippen LogP contribution in [0.15, 0.2) is 26.6 Å². The Labute approximate surface area is 111 Å². The zero-order valence-corrected chi connectivity index (χ0v) is 11.7. The summed E-state index contributed by atoms with van der Waals surface area (Å²) in [6, 6.07) is 1.96. The van der Waals surface area contributed by atoms with Crippen LogP contribution >= 0.6 is 43.2 Å². The maximum absolute atomic E-state index is 10.6. The van der Waals surface area contributed by atoms with E-state index in [1.54, 1.807) is 22.2 Å². The van der Waals surface area contributed by atoms with Gasteiger partial charge in [0.05, 0.1) is 17.8 Å². The summed E-state index contributed by atoms with van der Waals surface area (Å²) in [6.07, 6.45) is 1.60. The maximum atomic E-state index is 10.6. The SMILES string of the molecule is O=[N+]([O-])c1nn(Cc2cc(Br)cs2)cc1Br. The number of aromatic nitrogens is 2. The molecular formula is C8H5Br2N3O2S. The average molecular weight is 367 g/mol. The van der Waals surface area contributed by atoms with Crippen LogP contribution < -0.4 is 0 Å². The number of rotatable bonds is 3. The molecule has 2 heterocycles. The summed E-state index contributed by atoms with van der Waals surface area (Å²) in [6.45, 7) is 0.530. The Hall–Kier alpha value is -0.730. The van der Waals surface area contributed by atoms with Crippen molar-refractivity contribution in [1.29, 1.82) is 0 Å². The van der Waals surface area contributed by atoms with Crippen LogP contribution in [-0.4, -0.2) is 14.7 Å². The molecule has 0 aromatic carbocycles. The first-order chi connectivity index (χ1) is 7.56. The van der Waals surface area contributed by atoms with Gasteiger partial charge in [0.2, 0.25) is 0 Å². The Bertz CT molecular complexity index is 537. The van der Waals surface area contributed by atoms with Crippen molar-refractivity contribution in [2.24, 2.45) is 0 Å². The van der Waals surface area contributed by atoms with E-state index in [4.69, 9.17) is 0 Å². The lowest BCUT2D eigenvalue weighted by molar-refractivity contribution is -0.390. The fourth-order valence-electron chi connectivity index (χ4n) is 1.19. The minimum atomic E-state index is -0.509. The highest BCUT2D eigenvalue weighted by atomic mass is 79.9. The summed E-state index contributed by atoms with van der Waals surface area (Å²) in [7, 11) is 0. The molecule has 0 bridgehead atoms. The molecule has 0 unspecified atom stereocenters. The molecule has 0 fully saturated rings. The van der Waals surface area contributed by atoms with E-state index in [0.29, 0.717) is 11.0 Å². The molecule has 16 heavy (non-hydrogen) atoms. The molecule has 0 saturated heterocycles. The minimum absolute atomic E-state index is 0.157. The molecule has 0 N–H and O–H groups in total. The molecule has 0 radical (unpaired) electrons. The van der Waals surface area contributed by atoms with Crippen molar-refractivity contribution in [3.8, 4) is 0 Å². The topological polar surface area (TPSA) is 61.0 Å². The predicted octanol–water partition coefficient (Wildman–Crippen LogP) is 3.43. The monoisotopic (exact) mass is 365 g/mol. The van der Waals surface area contributed by atoms with Gasteiger partial charge in [-0.1, -0.05) is 0 Å². The lowest BCUT2D eigenvalue weighted by atomic mass is 10.5. The second kappa shape index (κ2) is 4.64. The van der Waals surface area contributed by atoms with Crippen LogP contribution in [0.4, 0.5) is 5.82 Å². The number of hydrogen-bond donors (Lipinski definition) is 0. The highest BCUT2D eigenvalue weighted by Gasteiger charge is 2.18. The molecule has 2 aromatic rings. The van der Waals surface area contributed by atoms with Crippen LogP contribution in [-0.2, 0) is 6.54 Å². The van der Waals surface area contributed by atoms with Crippen molar-refractivity contribution < 1.29 is 4.92 Å². The standard InChI is InChI=1S/C8H5Br2N3O2S/c9-5-1-6(16-4-5)2-12-3-7(10)8(11-12)13(14)15/h1,3-4H,2H2. The molecule has 5 nitrogen and oxygen atoms in total. The summed E-state index contributed by atoms with van der Waals surface area (Å²) in [5, 5.41) is 16.4. The van der Waals surface area contributed by atoms with E-state index in [2.05, 4.69) is 37.0 Å². The van der Waals surface area contributed by atoms with Gasteiger partial charge in [0.1, 0.15) is 4.47 Å². The molecule has 2 rings (SSSR count). The van der Waals surface area contributed by atoms with Crippen molar-refractivity contribution in [2.45, 2.75) is 6.54 Å². The van der Waals surface area contributed by atoms with Crippen LogP contribution in [0.5, 0.6) is 0 Å². The molecule has 0 amide bonds. The fraction of sp³-hybridized carbons (Fsp3) is 0.125. The highest BCUT2D eigenvalue weighted by Crippen LogP contribution is 2.24. The molecule has 0 aliphatic carbocycles. The summed E-state index contributed by atoms with van der Waals surface area (Å²) in [4.78, 5) is 11.2. The van der Waals surface area contributed by atoms with Crippen molar-refractivity contribution in [3.05, 3.63) is 41.6 Å². The van der Waals surface area contributed by atoms with Gasteiger partial charge in [0.15, 0.2) is 0 Å². The molecule has 0 aliphatic heterocycles. The summed E-state index contributed by atoms with van der Waals surface area (Å²) < 4.78 is 2.95. The second-order valence-electron chi connectivity index (χ2n) is 2.99. The van der Waals surface area contributed by atoms with E-state index in [9.17, 15) is 10.1 Å². The molecule has 0 saturated carbocycles. The van der Waals surface area contributed by atoms with Crippen LogP contribution in [0.25, 0.3) is 0 Å². The number of thiophene rings is 1. The van der Waals surface area contributed by atoms with E-state index in [1.807, 2.05) is 11.4 Å². The van der Waals surface area contributed by atoms with E-state index in [-0.39, 0.29) is 5.82 Å². The van der Waals surface area contributed by atoms with Crippen molar-refractivity contribution in [3.63, 3.8) is 0 Å². The van der Waals surface area contributed by atoms with Gasteiger partial charge in [-0.05, 0) is 42.8 Å². The smallest absolute Gasteiger partial charge is 0.358 e. The highest BCUT2D eigenvalue weighted by molar-refractivity contribution is 9.10. The summed E-state index contributed by atoms with van der Waals surface area (Å²) in [5.74, 6) is -0.157. The second-order valence-corrected chi connectivity index (χ2v) is 5.75. The fourth-order valence-corrected chi connectivity index (χ4v) is 3.09. The third-order valence-corrected chi connectivity index (χ3v) is 4.05. The molecule has 84 valence electrons. The first-order valence-electron chi connectivity index (χ1n) is 4.16. The number of nitrogens with zero attached hydrogens (tertiary/aromatic N) is 3. The van der Waals surface area contributed by atoms with Crippen molar-refractivity contribution in [1.82, 2.24) is 9.78 Å². The van der Waals surface area contributed by atoms with Gasteiger partial charge in [-0.2, -0.15) is 4.68 Å². The van der Waals surface area contributed by atoms with E-state index in [0.717, 1.165) is 9.35 Å². The van der Waals surface area contributed by atoms with Crippen LogP contribution in [0, 0.1) is 10.1 Å². The van der Waals surface area contributed by atoms with Gasteiger partial charge in [0, 0.05) is 14.7 Å². The zero-order valence-electron chi connectivity index (χ0n) is 7.76. The molecule has 8 heteroatoms. The number of hydrogen-bond acceptors (Lipinski definition) is 4. The zero-order chi connectivity index (χ0) is 11.7. The third-order valence-electron chi connectivity index (χ3n) is 1.81. The van der Waals surface area contributed by atoms with E-state index < -0.39 is 4.92 Å². The summed E-state index contributed by atoms with van der Waals surface area (Å²) >= 11 is 8.03. The molecule has 0 aliphatic rings. The van der Waals surface area contributed by atoms with Gasteiger partial charge in [-0.3, -0.25) is 0 Å². The normalized spacial score (nSPS) is 10.6. The first-order valence-corrected chi connectivity index (χ1v) is 6.63. The van der Waals surface area contributed by atoms with Gasteiger partial charge in [-0.15, -0.1) is 11.3 Å². The Morgan fingerprint density at radius 1 is 1.56 bits per heavy atom. The number of nitro groups is 1. The van der Waals surface area contributed by atoms with E-state index in [1.165, 1.54) is 0 Å². The van der Waals surface area contributed by atoms with Gasteiger partial charge in [0.25, 0.3) is 0 Å². The van der Waals surface area contributed by atoms with Crippen LogP contribution in [0.2, 0.25) is 0 Å². The average Bonchev–Trinajstić information content (AvgIpc) is 2.73.